The summed E-state index contributed by atoms with van der Waals surface area (Å²) >= 11 is 9.40. The molecule has 0 saturated carbocycles. The summed E-state index contributed by atoms with van der Waals surface area (Å²) in [5, 5.41) is 42.9. The van der Waals surface area contributed by atoms with E-state index in [1.54, 1.807) is 37.8 Å². The lowest BCUT2D eigenvalue weighted by atomic mass is 10.0. The lowest BCUT2D eigenvalue weighted by Crippen LogP contribution is -2.50. The first-order valence-electron chi connectivity index (χ1n) is 42.1. The first-order chi connectivity index (χ1) is 59.8. The van der Waals surface area contributed by atoms with Gasteiger partial charge in [0.15, 0.2) is 5.17 Å². The first kappa shape index (κ1) is 109. The van der Waals surface area contributed by atoms with Crippen molar-refractivity contribution in [1.29, 1.82) is 0 Å². The molecule has 0 aromatic heterocycles. The molecule has 5 aromatic carbocycles. The monoisotopic (exact) mass is 1820 g/mol. The summed E-state index contributed by atoms with van der Waals surface area (Å²) in [5.74, 6) is -0.129. The van der Waals surface area contributed by atoms with Crippen molar-refractivity contribution in [3.8, 4) is 0 Å². The fourth-order valence-electron chi connectivity index (χ4n) is 13.2. The molecule has 7 heterocycles. The van der Waals surface area contributed by atoms with Crippen molar-refractivity contribution in [3.63, 3.8) is 0 Å². The second-order valence-electron chi connectivity index (χ2n) is 34.2. The zero-order valence-corrected chi connectivity index (χ0v) is 77.7. The molecule has 5 saturated heterocycles. The van der Waals surface area contributed by atoms with Gasteiger partial charge in [-0.25, -0.2) is 19.2 Å². The maximum Gasteiger partial charge on any atom is 0.410 e. The second kappa shape index (κ2) is 53.8. The SMILES string of the molecule is C.C=CCNC(C)=O.CC(=O)NCC1CC(c2ccc(N3CCN(C(=O)OC(C)(C)C)CC3)cc2)=NO1.CC(=O)NCC1CC(c2ccc(N3CCNCC3)cc2)=NO1.CC(C)(C)OC(=O)N1CCN(c2ccc(/C(Cl)=N/O)cc2)CC1.CC(C)(C)OC(=O)N1CCN(c2ccc(/C=N/O)cc2)CC1.CC(C)(C)OC(=O)N1CCN(c2ccc(C=O)cc2)CC1.N.OCl. The minimum absolute atomic E-state index is 0. The van der Waals surface area contributed by atoms with Gasteiger partial charge in [-0.15, -0.1) is 6.58 Å². The molecule has 12 rings (SSSR count). The van der Waals surface area contributed by atoms with Crippen molar-refractivity contribution in [2.45, 2.75) is 159 Å². The summed E-state index contributed by atoms with van der Waals surface area (Å²) in [5.41, 5.74) is 9.83. The van der Waals surface area contributed by atoms with E-state index in [2.05, 4.69) is 121 Å². The van der Waals surface area contributed by atoms with Crippen LogP contribution in [-0.2, 0) is 43.0 Å². The van der Waals surface area contributed by atoms with E-state index in [0.717, 1.165) is 142 Å². The van der Waals surface area contributed by atoms with Gasteiger partial charge >= 0.3 is 24.4 Å². The van der Waals surface area contributed by atoms with Crippen molar-refractivity contribution in [3.05, 3.63) is 162 Å². The van der Waals surface area contributed by atoms with Gasteiger partial charge in [-0.2, -0.15) is 0 Å². The third kappa shape index (κ3) is 39.3. The number of ether oxygens (including phenoxy) is 4. The van der Waals surface area contributed by atoms with E-state index >= 15 is 0 Å². The predicted molar refractivity (Wildman–Crippen MR) is 504 cm³/mol. The Bertz CT molecular complexity index is 4370. The quantitative estimate of drug-likeness (QED) is 0.0114. The standard InChI is InChI=1S/C21H30N4O4.C16H22ClN3O3.C16H22N4O2.C16H23N3O3.C16H22N2O3.C5H9NO.CH4.ClHO.H3N/c1-15(26)22-14-18-13-19(23-29-18)16-5-7-17(8-6-16)24-9-11-25(12-10-24)20(27)28-21(2,3)4;1-16(2,3)23-15(21)20-10-8-19(9-11-20)13-6-4-12(5-7-13)14(17)18-22;1-12(21)18-11-15-10-16(19-22-15)13-2-4-14(5-3-13)20-8-6-17-7-9-20;1-16(2,3)22-15(20)19-10-8-18(9-11-19)14-6-4-13(5-7-14)12-17-21;1-16(2,3)21-15(20)18-10-8-17(9-11-18)14-6-4-13(12-19)5-7-14;1-3-4-6-5(2)7;;1-2;/h5-8,18H,9-14H2,1-4H3,(H,22,26);4-7,22H,8-11H2,1-3H3;2-5,15,17H,6-11H2,1H3,(H,18,21);4-7,12,21H,8-11H2,1-3H3;4-7,12H,8-11H2,1-3H3;3H,1,4H2,2H3,(H,6,7);1H4;2H;1H3/b;18-14-;;17-12+;;;;;. The molecule has 2 unspecified atom stereocenters. The van der Waals surface area contributed by atoms with Crippen LogP contribution in [0, 0.1) is 0 Å². The Balaban J connectivity index is 0.000000327. The highest BCUT2D eigenvalue weighted by Gasteiger charge is 2.32. The molecule has 0 aliphatic carbocycles. The van der Waals surface area contributed by atoms with Gasteiger partial charge in [0, 0.05) is 211 Å². The molecule has 0 bridgehead atoms. The molecule has 5 fully saturated rings. The molecule has 0 radical (unpaired) electrons. The number of anilines is 5. The summed E-state index contributed by atoms with van der Waals surface area (Å²) < 4.78 is 28.1. The molecule has 5 aromatic rings. The van der Waals surface area contributed by atoms with Gasteiger partial charge in [-0.3, -0.25) is 23.8 Å². The Morgan fingerprint density at radius 1 is 0.453 bits per heavy atom. The lowest BCUT2D eigenvalue weighted by Gasteiger charge is -2.36. The highest BCUT2D eigenvalue weighted by molar-refractivity contribution is 6.69. The first-order valence-corrected chi connectivity index (χ1v) is 42.9. The van der Waals surface area contributed by atoms with E-state index in [1.165, 1.54) is 32.7 Å². The van der Waals surface area contributed by atoms with Crippen LogP contribution in [0.2, 0.25) is 0 Å². The smallest absolute Gasteiger partial charge is 0.410 e. The topological polar surface area (TPSA) is 414 Å². The van der Waals surface area contributed by atoms with Crippen LogP contribution in [0.25, 0.3) is 0 Å². The number of amides is 7. The number of carbonyl (C=O) groups is 8. The van der Waals surface area contributed by atoms with Crippen molar-refractivity contribution < 1.29 is 82.1 Å². The summed E-state index contributed by atoms with van der Waals surface area (Å²) in [6.07, 6.45) is 4.08. The predicted octanol–water partition coefficient (Wildman–Crippen LogP) is 12.6. The van der Waals surface area contributed by atoms with Crippen molar-refractivity contribution in [1.82, 2.24) is 47.0 Å². The number of piperazine rings is 5. The zero-order chi connectivity index (χ0) is 92.7. The van der Waals surface area contributed by atoms with E-state index in [9.17, 15) is 38.4 Å². The second-order valence-corrected chi connectivity index (χ2v) is 34.5. The molecule has 35 nitrogen and oxygen atoms in total. The summed E-state index contributed by atoms with van der Waals surface area (Å²) in [6.45, 7) is 47.2. The Hall–Kier alpha value is -11.7. The van der Waals surface area contributed by atoms with Crippen LogP contribution in [-0.4, -0.2) is 291 Å². The van der Waals surface area contributed by atoms with Crippen LogP contribution in [0.3, 0.4) is 0 Å². The minimum Gasteiger partial charge on any atom is -0.444 e. The van der Waals surface area contributed by atoms with Gasteiger partial charge in [0.2, 0.25) is 17.7 Å². The van der Waals surface area contributed by atoms with E-state index in [-0.39, 0.29) is 73.1 Å². The fourth-order valence-corrected chi connectivity index (χ4v) is 13.3. The average molecular weight is 1830 g/mol. The zero-order valence-electron chi connectivity index (χ0n) is 76.2. The van der Waals surface area contributed by atoms with E-state index in [4.69, 9.17) is 55.3 Å². The number of halogens is 2. The largest absolute Gasteiger partial charge is 0.444 e. The molecule has 7 aliphatic heterocycles. The highest BCUT2D eigenvalue weighted by Crippen LogP contribution is 2.27. The van der Waals surface area contributed by atoms with Crippen LogP contribution in [0.1, 0.15) is 157 Å². The van der Waals surface area contributed by atoms with Crippen molar-refractivity contribution in [2.75, 3.05) is 175 Å². The maximum atomic E-state index is 12.2. The number of hydrogen-bond donors (Lipinski definition) is 8. The van der Waals surface area contributed by atoms with Gasteiger partial charge in [0.25, 0.3) is 0 Å². The molecule has 37 heteroatoms. The molecule has 128 heavy (non-hydrogen) atoms. The van der Waals surface area contributed by atoms with Crippen molar-refractivity contribution in [2.24, 2.45) is 20.6 Å². The van der Waals surface area contributed by atoms with Crippen LogP contribution >= 0.6 is 23.5 Å². The molecular weight excluding hydrogens is 1690 g/mol. The lowest BCUT2D eigenvalue weighted by molar-refractivity contribution is -0.120. The Morgan fingerprint density at radius 2 is 0.727 bits per heavy atom. The Labute approximate surface area is 764 Å². The van der Waals surface area contributed by atoms with Crippen LogP contribution in [0.5, 0.6) is 0 Å². The number of rotatable bonds is 16. The molecule has 7 amide bonds. The third-order valence-corrected chi connectivity index (χ3v) is 19.8. The van der Waals surface area contributed by atoms with Crippen molar-refractivity contribution >= 4 is 123 Å². The molecule has 7 aliphatic rings. The third-order valence-electron chi connectivity index (χ3n) is 19.5. The van der Waals surface area contributed by atoms with E-state index < -0.39 is 22.4 Å². The average Bonchev–Trinajstić information content (AvgIpc) is 1.48. The fraction of sp³-hybridized carbons (Fsp3) is 0.516. The maximum absolute atomic E-state index is 12.2. The molecule has 2 atom stereocenters. The number of oxime groups is 4. The van der Waals surface area contributed by atoms with Gasteiger partial charge in [-0.05, 0) is 185 Å². The molecule has 706 valence electrons. The van der Waals surface area contributed by atoms with Crippen LogP contribution in [0.15, 0.2) is 155 Å². The van der Waals surface area contributed by atoms with Gasteiger partial charge < -0.3 is 111 Å². The molecular formula is C91H136Cl2N18O17. The number of nitrogens with one attached hydrogen (secondary N) is 4. The summed E-state index contributed by atoms with van der Waals surface area (Å²) in [4.78, 5) is 120. The highest BCUT2D eigenvalue weighted by atomic mass is 35.5. The minimum atomic E-state index is -0.475. The normalized spacial score (nSPS) is 16.8. The van der Waals surface area contributed by atoms with Crippen LogP contribution < -0.4 is 51.9 Å². The number of hydrogen-bond acceptors (Lipinski definition) is 28. The van der Waals surface area contributed by atoms with E-state index in [1.807, 2.05) is 156 Å². The Kier molecular flexibility index (Phi) is 45.7. The number of benzene rings is 5. The van der Waals surface area contributed by atoms with Gasteiger partial charge in [0.1, 0.15) is 40.9 Å². The van der Waals surface area contributed by atoms with E-state index in [0.29, 0.717) is 89.5 Å². The molecule has 0 spiro atoms. The Morgan fingerprint density at radius 3 is 0.977 bits per heavy atom. The number of nitrogens with zero attached hydrogens (tertiary/aromatic N) is 13. The van der Waals surface area contributed by atoms with Crippen LogP contribution in [0.4, 0.5) is 47.6 Å². The van der Waals surface area contributed by atoms with Gasteiger partial charge in [0.05, 0.1) is 42.6 Å². The number of carbonyl (C=O) groups excluding carboxylic acids is 8. The summed E-state index contributed by atoms with van der Waals surface area (Å²) in [6, 6.07) is 39.4. The van der Waals surface area contributed by atoms with Gasteiger partial charge in [-0.1, -0.05) is 82.1 Å². The number of aldehydes is 1. The molecule has 10 N–H and O–H groups in total. The summed E-state index contributed by atoms with van der Waals surface area (Å²) in [7, 11) is 0.